The summed E-state index contributed by atoms with van der Waals surface area (Å²) in [4.78, 5) is 4.43. The van der Waals surface area contributed by atoms with E-state index in [9.17, 15) is 0 Å². The van der Waals surface area contributed by atoms with E-state index in [1.165, 1.54) is 5.56 Å². The quantitative estimate of drug-likeness (QED) is 0.924. The van der Waals surface area contributed by atoms with Crippen molar-refractivity contribution >= 4 is 11.6 Å². The number of hydrogen-bond acceptors (Lipinski definition) is 3. The highest BCUT2D eigenvalue weighted by Crippen LogP contribution is 2.33. The second kappa shape index (κ2) is 6.08. The highest BCUT2D eigenvalue weighted by molar-refractivity contribution is 6.30. The van der Waals surface area contributed by atoms with E-state index in [1.54, 1.807) is 0 Å². The van der Waals surface area contributed by atoms with Crippen LogP contribution >= 0.6 is 11.6 Å². The smallest absolute Gasteiger partial charge is 0.127 e. The zero-order valence-corrected chi connectivity index (χ0v) is 12.9. The Labute approximate surface area is 129 Å². The number of halogens is 1. The number of rotatable bonds is 5. The monoisotopic (exact) mass is 305 g/mol. The summed E-state index contributed by atoms with van der Waals surface area (Å²) in [6.07, 6.45) is 6.47. The molecular formula is C16H20ClN3O. The maximum atomic E-state index is 6.21. The van der Waals surface area contributed by atoms with Crippen molar-refractivity contribution in [2.75, 3.05) is 6.61 Å². The molecule has 1 aliphatic heterocycles. The molecule has 0 spiro atoms. The Bertz CT molecular complexity index is 638. The second-order valence-corrected chi connectivity index (χ2v) is 5.93. The van der Waals surface area contributed by atoms with E-state index in [1.807, 2.05) is 24.5 Å². The number of imidazole rings is 1. The van der Waals surface area contributed by atoms with Crippen LogP contribution < -0.4 is 10.5 Å². The van der Waals surface area contributed by atoms with Gasteiger partial charge in [-0.1, -0.05) is 18.5 Å². The summed E-state index contributed by atoms with van der Waals surface area (Å²) < 4.78 is 7.89. The van der Waals surface area contributed by atoms with Gasteiger partial charge in [0, 0.05) is 41.9 Å². The highest BCUT2D eigenvalue weighted by Gasteiger charge is 2.18. The van der Waals surface area contributed by atoms with Crippen LogP contribution in [0.5, 0.6) is 5.75 Å². The largest absolute Gasteiger partial charge is 0.493 e. The molecule has 0 saturated carbocycles. The summed E-state index contributed by atoms with van der Waals surface area (Å²) in [7, 11) is 0. The van der Waals surface area contributed by atoms with Gasteiger partial charge in [0.1, 0.15) is 11.6 Å². The molecule has 2 aromatic rings. The lowest BCUT2D eigenvalue weighted by molar-refractivity contribution is 0.352. The lowest BCUT2D eigenvalue weighted by atomic mass is 10.1. The molecule has 0 amide bonds. The highest BCUT2D eigenvalue weighted by atomic mass is 35.5. The molecule has 4 nitrogen and oxygen atoms in total. The van der Waals surface area contributed by atoms with Gasteiger partial charge in [0.05, 0.1) is 13.2 Å². The molecule has 5 heteroatoms. The van der Waals surface area contributed by atoms with Crippen LogP contribution in [0.25, 0.3) is 0 Å². The van der Waals surface area contributed by atoms with E-state index in [4.69, 9.17) is 22.1 Å². The Morgan fingerprint density at radius 3 is 3.14 bits per heavy atom. The van der Waals surface area contributed by atoms with E-state index < -0.39 is 0 Å². The Morgan fingerprint density at radius 2 is 2.33 bits per heavy atom. The number of hydrogen-bond donors (Lipinski definition) is 1. The Kier molecular flexibility index (Phi) is 4.17. The van der Waals surface area contributed by atoms with Crippen molar-refractivity contribution in [2.45, 2.75) is 38.8 Å². The molecule has 0 bridgehead atoms. The predicted molar refractivity (Wildman–Crippen MR) is 84.0 cm³/mol. The molecular weight excluding hydrogens is 286 g/mol. The van der Waals surface area contributed by atoms with Crippen molar-refractivity contribution in [3.8, 4) is 5.75 Å². The van der Waals surface area contributed by atoms with Gasteiger partial charge < -0.3 is 15.0 Å². The first kappa shape index (κ1) is 14.4. The van der Waals surface area contributed by atoms with Crippen LogP contribution in [0, 0.1) is 0 Å². The Morgan fingerprint density at radius 1 is 1.48 bits per heavy atom. The molecule has 1 unspecified atom stereocenters. The van der Waals surface area contributed by atoms with E-state index in [0.717, 1.165) is 48.0 Å². The maximum absolute atomic E-state index is 6.21. The van der Waals surface area contributed by atoms with Gasteiger partial charge >= 0.3 is 0 Å². The number of nitrogens with zero attached hydrogens (tertiary/aromatic N) is 2. The molecule has 0 aliphatic carbocycles. The standard InChI is InChI=1S/C16H20ClN3O/c1-2-14(18)9-15-19-4-5-20(15)10-12-8-13(17)7-11-3-6-21-16(11)12/h4-5,7-8,14H,2-3,6,9-10,18H2,1H3. The van der Waals surface area contributed by atoms with Gasteiger partial charge in [0.2, 0.25) is 0 Å². The first-order chi connectivity index (χ1) is 10.2. The number of nitrogens with two attached hydrogens (primary N) is 1. The number of benzene rings is 1. The minimum absolute atomic E-state index is 0.146. The molecule has 1 aliphatic rings. The van der Waals surface area contributed by atoms with Crippen molar-refractivity contribution in [1.82, 2.24) is 9.55 Å². The molecule has 0 fully saturated rings. The van der Waals surface area contributed by atoms with Crippen LogP contribution in [0.2, 0.25) is 5.02 Å². The third kappa shape index (κ3) is 3.06. The van der Waals surface area contributed by atoms with E-state index in [0.29, 0.717) is 6.54 Å². The van der Waals surface area contributed by atoms with E-state index >= 15 is 0 Å². The summed E-state index contributed by atoms with van der Waals surface area (Å²) in [6.45, 7) is 3.55. The number of fused-ring (bicyclic) bond motifs is 1. The fraction of sp³-hybridized carbons (Fsp3) is 0.438. The third-order valence-electron chi connectivity index (χ3n) is 3.94. The van der Waals surface area contributed by atoms with Gasteiger partial charge in [-0.05, 0) is 24.1 Å². The predicted octanol–water partition coefficient (Wildman–Crippen LogP) is 2.80. The van der Waals surface area contributed by atoms with Gasteiger partial charge in [-0.2, -0.15) is 0 Å². The molecule has 1 atom stereocenters. The summed E-state index contributed by atoms with van der Waals surface area (Å²) in [5.41, 5.74) is 8.35. The van der Waals surface area contributed by atoms with Crippen molar-refractivity contribution in [3.63, 3.8) is 0 Å². The summed E-state index contributed by atoms with van der Waals surface area (Å²) >= 11 is 6.21. The zero-order valence-electron chi connectivity index (χ0n) is 12.2. The van der Waals surface area contributed by atoms with E-state index in [-0.39, 0.29) is 6.04 Å². The van der Waals surface area contributed by atoms with Gasteiger partial charge in [0.25, 0.3) is 0 Å². The average Bonchev–Trinajstić information content (AvgIpc) is 3.08. The van der Waals surface area contributed by atoms with Crippen molar-refractivity contribution < 1.29 is 4.74 Å². The summed E-state index contributed by atoms with van der Waals surface area (Å²) in [6, 6.07) is 4.12. The summed E-state index contributed by atoms with van der Waals surface area (Å²) in [5, 5.41) is 0.765. The first-order valence-electron chi connectivity index (χ1n) is 7.37. The average molecular weight is 306 g/mol. The minimum Gasteiger partial charge on any atom is -0.493 e. The first-order valence-corrected chi connectivity index (χ1v) is 7.75. The number of ether oxygens (including phenoxy) is 1. The SMILES string of the molecule is CCC(N)Cc1nccn1Cc1cc(Cl)cc2c1OCC2. The van der Waals surface area contributed by atoms with Crippen LogP contribution in [0.1, 0.15) is 30.3 Å². The molecule has 112 valence electrons. The molecule has 21 heavy (non-hydrogen) atoms. The van der Waals surface area contributed by atoms with Crippen molar-refractivity contribution in [2.24, 2.45) is 5.73 Å². The van der Waals surface area contributed by atoms with Crippen LogP contribution in [0.3, 0.4) is 0 Å². The molecule has 3 rings (SSSR count). The minimum atomic E-state index is 0.146. The fourth-order valence-corrected chi connectivity index (χ4v) is 2.96. The fourth-order valence-electron chi connectivity index (χ4n) is 2.70. The zero-order chi connectivity index (χ0) is 14.8. The normalized spacial score (nSPS) is 14.8. The van der Waals surface area contributed by atoms with Gasteiger partial charge in [-0.25, -0.2) is 4.98 Å². The van der Waals surface area contributed by atoms with Crippen molar-refractivity contribution in [3.05, 3.63) is 46.5 Å². The lowest BCUT2D eigenvalue weighted by Crippen LogP contribution is -2.23. The number of aromatic nitrogens is 2. The topological polar surface area (TPSA) is 53.1 Å². The third-order valence-corrected chi connectivity index (χ3v) is 4.16. The van der Waals surface area contributed by atoms with E-state index in [2.05, 4.69) is 16.5 Å². The van der Waals surface area contributed by atoms with Gasteiger partial charge in [-0.3, -0.25) is 0 Å². The Hall–Kier alpha value is -1.52. The van der Waals surface area contributed by atoms with Crippen molar-refractivity contribution in [1.29, 1.82) is 0 Å². The van der Waals surface area contributed by atoms with Crippen LogP contribution in [0.15, 0.2) is 24.5 Å². The molecule has 1 aromatic heterocycles. The molecule has 2 N–H and O–H groups in total. The molecule has 0 radical (unpaired) electrons. The molecule has 1 aromatic carbocycles. The van der Waals surface area contributed by atoms with Crippen LogP contribution in [-0.2, 0) is 19.4 Å². The lowest BCUT2D eigenvalue weighted by Gasteiger charge is -2.14. The molecule has 2 heterocycles. The van der Waals surface area contributed by atoms with Crippen LogP contribution in [0.4, 0.5) is 0 Å². The van der Waals surface area contributed by atoms with Crippen LogP contribution in [-0.4, -0.2) is 22.2 Å². The maximum Gasteiger partial charge on any atom is 0.127 e. The summed E-state index contributed by atoms with van der Waals surface area (Å²) in [5.74, 6) is 2.00. The van der Waals surface area contributed by atoms with Gasteiger partial charge in [0.15, 0.2) is 0 Å². The molecule has 0 saturated heterocycles. The Balaban J connectivity index is 1.86. The van der Waals surface area contributed by atoms with Gasteiger partial charge in [-0.15, -0.1) is 0 Å². The second-order valence-electron chi connectivity index (χ2n) is 5.50.